The molecule has 1 N–H and O–H groups in total. The van der Waals surface area contributed by atoms with Gasteiger partial charge in [-0.3, -0.25) is 4.90 Å². The highest BCUT2D eigenvalue weighted by atomic mass is 15.4. The predicted octanol–water partition coefficient (Wildman–Crippen LogP) is 0.706. The first-order valence-corrected chi connectivity index (χ1v) is 4.59. The molecule has 0 radical (unpaired) electrons. The Bertz CT molecular complexity index is 265. The maximum absolute atomic E-state index is 3.19. The Kier molecular flexibility index (Phi) is 2.36. The summed E-state index contributed by atoms with van der Waals surface area (Å²) in [6, 6.07) is 0. The average Bonchev–Trinajstić information content (AvgIpc) is 2.53. The third-order valence-corrected chi connectivity index (χ3v) is 2.25. The lowest BCUT2D eigenvalue weighted by atomic mass is 10.3. The molecule has 2 heterocycles. The second-order valence-electron chi connectivity index (χ2n) is 3.48. The molecule has 70 valence electrons. The van der Waals surface area contributed by atoms with E-state index in [-0.39, 0.29) is 0 Å². The van der Waals surface area contributed by atoms with Gasteiger partial charge in [0.2, 0.25) is 0 Å². The summed E-state index contributed by atoms with van der Waals surface area (Å²) < 4.78 is 0. The predicted molar refractivity (Wildman–Crippen MR) is 53.7 cm³/mol. The van der Waals surface area contributed by atoms with Gasteiger partial charge in [-0.2, -0.15) is 0 Å². The van der Waals surface area contributed by atoms with Crippen LogP contribution in [0.1, 0.15) is 0 Å². The Morgan fingerprint density at radius 2 is 2.31 bits per heavy atom. The van der Waals surface area contributed by atoms with Gasteiger partial charge in [0.15, 0.2) is 0 Å². The van der Waals surface area contributed by atoms with E-state index in [1.54, 1.807) is 0 Å². The molecular formula is C10H15N3. The molecule has 0 aromatic carbocycles. The molecule has 3 nitrogen and oxygen atoms in total. The third kappa shape index (κ3) is 2.12. The standard InChI is InChI=1S/C10H15N3/c1-12-6-7-13(9-12)8-10-4-2-3-5-11-10/h2-5,8,11H,6-7,9H2,1H3/b10-8-. The zero-order valence-electron chi connectivity index (χ0n) is 7.90. The summed E-state index contributed by atoms with van der Waals surface area (Å²) in [5, 5.41) is 3.19. The van der Waals surface area contributed by atoms with E-state index in [0.29, 0.717) is 0 Å². The summed E-state index contributed by atoms with van der Waals surface area (Å²) in [4.78, 5) is 4.62. The van der Waals surface area contributed by atoms with Gasteiger partial charge in [-0.15, -0.1) is 0 Å². The van der Waals surface area contributed by atoms with Crippen LogP contribution in [0, 0.1) is 0 Å². The minimum absolute atomic E-state index is 1.03. The molecule has 0 amide bonds. The molecule has 0 atom stereocenters. The molecule has 2 aliphatic heterocycles. The first-order chi connectivity index (χ1) is 6.34. The third-order valence-electron chi connectivity index (χ3n) is 2.25. The van der Waals surface area contributed by atoms with Crippen LogP contribution in [-0.2, 0) is 0 Å². The van der Waals surface area contributed by atoms with Crippen LogP contribution in [-0.4, -0.2) is 36.6 Å². The number of dihydropyridines is 1. The van der Waals surface area contributed by atoms with Crippen LogP contribution in [0.3, 0.4) is 0 Å². The highest BCUT2D eigenvalue weighted by Crippen LogP contribution is 2.06. The van der Waals surface area contributed by atoms with Crippen molar-refractivity contribution in [3.63, 3.8) is 0 Å². The number of nitrogens with zero attached hydrogens (tertiary/aromatic N) is 2. The number of rotatable bonds is 1. The summed E-state index contributed by atoms with van der Waals surface area (Å²) in [5.41, 5.74) is 1.16. The van der Waals surface area contributed by atoms with Crippen LogP contribution in [0.4, 0.5) is 0 Å². The molecule has 0 bridgehead atoms. The molecule has 3 heteroatoms. The maximum atomic E-state index is 3.19. The lowest BCUT2D eigenvalue weighted by molar-refractivity contribution is 0.339. The molecule has 13 heavy (non-hydrogen) atoms. The van der Waals surface area contributed by atoms with Crippen molar-refractivity contribution in [1.82, 2.24) is 15.1 Å². The Labute approximate surface area is 79.0 Å². The molecule has 0 aliphatic carbocycles. The molecule has 0 spiro atoms. The molecule has 2 aliphatic rings. The van der Waals surface area contributed by atoms with Crippen molar-refractivity contribution in [2.45, 2.75) is 0 Å². The van der Waals surface area contributed by atoms with Crippen molar-refractivity contribution in [2.24, 2.45) is 0 Å². The first-order valence-electron chi connectivity index (χ1n) is 4.59. The largest absolute Gasteiger partial charge is 0.361 e. The Balaban J connectivity index is 1.96. The van der Waals surface area contributed by atoms with Crippen molar-refractivity contribution < 1.29 is 0 Å². The second-order valence-corrected chi connectivity index (χ2v) is 3.48. The number of nitrogens with one attached hydrogen (secondary N) is 1. The fourth-order valence-electron chi connectivity index (χ4n) is 1.54. The van der Waals surface area contributed by atoms with Crippen molar-refractivity contribution in [3.8, 4) is 0 Å². The highest BCUT2D eigenvalue weighted by molar-refractivity contribution is 5.26. The lowest BCUT2D eigenvalue weighted by Crippen LogP contribution is -2.20. The van der Waals surface area contributed by atoms with Gasteiger partial charge in [0.1, 0.15) is 0 Å². The number of hydrogen-bond acceptors (Lipinski definition) is 3. The highest BCUT2D eigenvalue weighted by Gasteiger charge is 2.13. The molecule has 1 saturated heterocycles. The summed E-state index contributed by atoms with van der Waals surface area (Å²) in [5.74, 6) is 0. The number of likely N-dealkylation sites (N-methyl/N-ethyl adjacent to an activating group) is 1. The molecule has 0 unspecified atom stereocenters. The van der Waals surface area contributed by atoms with Crippen molar-refractivity contribution in [1.29, 1.82) is 0 Å². The van der Waals surface area contributed by atoms with Crippen LogP contribution < -0.4 is 5.32 Å². The summed E-state index contributed by atoms with van der Waals surface area (Å²) in [6.45, 7) is 3.31. The maximum Gasteiger partial charge on any atom is 0.0701 e. The van der Waals surface area contributed by atoms with E-state index < -0.39 is 0 Å². The Hall–Kier alpha value is -1.22. The fraction of sp³-hybridized carbons (Fsp3) is 0.400. The van der Waals surface area contributed by atoms with Gasteiger partial charge >= 0.3 is 0 Å². The smallest absolute Gasteiger partial charge is 0.0701 e. The average molecular weight is 177 g/mol. The van der Waals surface area contributed by atoms with Crippen LogP contribution in [0.25, 0.3) is 0 Å². The minimum Gasteiger partial charge on any atom is -0.361 e. The summed E-state index contributed by atoms with van der Waals surface area (Å²) >= 11 is 0. The second kappa shape index (κ2) is 3.66. The zero-order valence-corrected chi connectivity index (χ0v) is 7.90. The van der Waals surface area contributed by atoms with Gasteiger partial charge in [-0.05, 0) is 19.2 Å². The zero-order chi connectivity index (χ0) is 9.10. The normalized spacial score (nSPS) is 25.6. The Morgan fingerprint density at radius 1 is 1.38 bits per heavy atom. The van der Waals surface area contributed by atoms with Crippen molar-refractivity contribution in [3.05, 3.63) is 36.3 Å². The van der Waals surface area contributed by atoms with Crippen molar-refractivity contribution in [2.75, 3.05) is 26.8 Å². The molecular weight excluding hydrogens is 162 g/mol. The molecule has 2 rings (SSSR count). The van der Waals surface area contributed by atoms with E-state index in [1.807, 2.05) is 18.4 Å². The molecule has 0 aromatic heterocycles. The first kappa shape index (κ1) is 8.38. The van der Waals surface area contributed by atoms with Crippen LogP contribution in [0.15, 0.2) is 36.3 Å². The van der Waals surface area contributed by atoms with Gasteiger partial charge in [0.25, 0.3) is 0 Å². The summed E-state index contributed by atoms with van der Waals surface area (Å²) in [7, 11) is 2.14. The van der Waals surface area contributed by atoms with E-state index in [0.717, 1.165) is 25.5 Å². The fourth-order valence-corrected chi connectivity index (χ4v) is 1.54. The van der Waals surface area contributed by atoms with Crippen LogP contribution in [0.5, 0.6) is 0 Å². The quantitative estimate of drug-likeness (QED) is 0.636. The lowest BCUT2D eigenvalue weighted by Gasteiger charge is -2.15. The SMILES string of the molecule is CN1CCN(/C=C2/C=CC=CN2)C1. The van der Waals surface area contributed by atoms with Gasteiger partial charge in [-0.1, -0.05) is 6.08 Å². The number of allylic oxidation sites excluding steroid dienone is 3. The van der Waals surface area contributed by atoms with Crippen molar-refractivity contribution >= 4 is 0 Å². The van der Waals surface area contributed by atoms with Gasteiger partial charge < -0.3 is 10.2 Å². The van der Waals surface area contributed by atoms with Gasteiger partial charge in [0, 0.05) is 25.5 Å². The van der Waals surface area contributed by atoms with E-state index >= 15 is 0 Å². The van der Waals surface area contributed by atoms with E-state index in [1.165, 1.54) is 0 Å². The Morgan fingerprint density at radius 3 is 2.92 bits per heavy atom. The molecule has 0 saturated carbocycles. The minimum atomic E-state index is 1.03. The monoisotopic (exact) mass is 177 g/mol. The van der Waals surface area contributed by atoms with Gasteiger partial charge in [-0.25, -0.2) is 0 Å². The molecule has 1 fully saturated rings. The van der Waals surface area contributed by atoms with E-state index in [2.05, 4.69) is 34.4 Å². The summed E-state index contributed by atoms with van der Waals surface area (Å²) in [6.07, 6.45) is 10.2. The van der Waals surface area contributed by atoms with E-state index in [9.17, 15) is 0 Å². The van der Waals surface area contributed by atoms with Crippen LogP contribution >= 0.6 is 0 Å². The topological polar surface area (TPSA) is 18.5 Å². The van der Waals surface area contributed by atoms with Crippen LogP contribution in [0.2, 0.25) is 0 Å². The van der Waals surface area contributed by atoms with Gasteiger partial charge in [0.05, 0.1) is 12.4 Å². The molecule has 0 aromatic rings. The number of hydrogen-bond donors (Lipinski definition) is 1. The van der Waals surface area contributed by atoms with E-state index in [4.69, 9.17) is 0 Å².